The van der Waals surface area contributed by atoms with Crippen LogP contribution in [0.5, 0.6) is 5.75 Å². The summed E-state index contributed by atoms with van der Waals surface area (Å²) in [7, 11) is 3.58. The zero-order valence-corrected chi connectivity index (χ0v) is 12.2. The summed E-state index contributed by atoms with van der Waals surface area (Å²) in [5.41, 5.74) is 3.26. The van der Waals surface area contributed by atoms with Crippen molar-refractivity contribution >= 4 is 5.69 Å². The number of anilines is 1. The van der Waals surface area contributed by atoms with E-state index < -0.39 is 0 Å². The minimum atomic E-state index is 0.570. The third-order valence-corrected chi connectivity index (χ3v) is 3.01. The van der Waals surface area contributed by atoms with Crippen molar-refractivity contribution in [3.8, 4) is 5.75 Å². The van der Waals surface area contributed by atoms with Crippen molar-refractivity contribution in [3.63, 3.8) is 0 Å². The van der Waals surface area contributed by atoms with Gasteiger partial charge < -0.3 is 14.8 Å². The molecule has 0 aliphatic rings. The van der Waals surface area contributed by atoms with E-state index in [0.717, 1.165) is 23.5 Å². The number of nitrogens with one attached hydrogen (secondary N) is 1. The second kappa shape index (κ2) is 6.96. The topological polar surface area (TPSA) is 48.3 Å². The minimum Gasteiger partial charge on any atom is -0.496 e. The van der Waals surface area contributed by atoms with Gasteiger partial charge in [0.2, 0.25) is 0 Å². The van der Waals surface area contributed by atoms with Crippen LogP contribution in [0.25, 0.3) is 0 Å². The predicted molar refractivity (Wildman–Crippen MR) is 78.9 cm³/mol. The lowest BCUT2D eigenvalue weighted by Gasteiger charge is -2.11. The highest BCUT2D eigenvalue weighted by Crippen LogP contribution is 2.21. The Bertz CT molecular complexity index is 552. The Balaban J connectivity index is 2.03. The van der Waals surface area contributed by atoms with Crippen molar-refractivity contribution in [2.45, 2.75) is 20.1 Å². The van der Waals surface area contributed by atoms with Crippen molar-refractivity contribution in [3.05, 3.63) is 41.7 Å². The summed E-state index contributed by atoms with van der Waals surface area (Å²) in [6.45, 7) is 4.00. The Hall–Kier alpha value is -2.01. The van der Waals surface area contributed by atoms with E-state index in [4.69, 9.17) is 9.47 Å². The van der Waals surface area contributed by atoms with Crippen LogP contribution >= 0.6 is 0 Å². The Labute approximate surface area is 119 Å². The van der Waals surface area contributed by atoms with Gasteiger partial charge >= 0.3 is 0 Å². The zero-order valence-electron chi connectivity index (χ0n) is 12.2. The summed E-state index contributed by atoms with van der Waals surface area (Å²) in [6.07, 6.45) is 3.76. The fourth-order valence-corrected chi connectivity index (χ4v) is 1.98. The molecular weight excluding hydrogens is 254 g/mol. The number of aromatic nitrogens is 2. The molecule has 0 saturated carbocycles. The van der Waals surface area contributed by atoms with E-state index in [9.17, 15) is 0 Å². The van der Waals surface area contributed by atoms with Crippen LogP contribution in [-0.2, 0) is 24.9 Å². The monoisotopic (exact) mass is 275 g/mol. The number of nitrogens with zero attached hydrogens (tertiary/aromatic N) is 2. The van der Waals surface area contributed by atoms with Crippen LogP contribution in [0.4, 0.5) is 5.69 Å². The van der Waals surface area contributed by atoms with Gasteiger partial charge in [-0.25, -0.2) is 0 Å². The molecular formula is C15H21N3O2. The maximum atomic E-state index is 5.47. The van der Waals surface area contributed by atoms with Gasteiger partial charge in [-0.05, 0) is 24.6 Å². The SMILES string of the molecule is CCOCc1cc(CNc2cnn(C)c2)ccc1OC. The molecule has 0 saturated heterocycles. The molecule has 5 heteroatoms. The zero-order chi connectivity index (χ0) is 14.4. The molecule has 1 aromatic carbocycles. The molecule has 0 unspecified atom stereocenters. The molecule has 1 heterocycles. The van der Waals surface area contributed by atoms with Crippen LogP contribution in [0.3, 0.4) is 0 Å². The lowest BCUT2D eigenvalue weighted by Crippen LogP contribution is -2.02. The number of aryl methyl sites for hydroxylation is 1. The normalized spacial score (nSPS) is 10.6. The minimum absolute atomic E-state index is 0.570. The average Bonchev–Trinajstić information content (AvgIpc) is 2.88. The fraction of sp³-hybridized carbons (Fsp3) is 0.400. The van der Waals surface area contributed by atoms with Crippen LogP contribution in [0.2, 0.25) is 0 Å². The first-order valence-electron chi connectivity index (χ1n) is 6.69. The van der Waals surface area contributed by atoms with Gasteiger partial charge in [-0.1, -0.05) is 6.07 Å². The second-order valence-corrected chi connectivity index (χ2v) is 4.54. The van der Waals surface area contributed by atoms with Crippen LogP contribution in [0.15, 0.2) is 30.6 Å². The maximum Gasteiger partial charge on any atom is 0.124 e. The molecule has 0 radical (unpaired) electrons. The van der Waals surface area contributed by atoms with Crippen molar-refractivity contribution in [2.75, 3.05) is 19.0 Å². The molecule has 1 aromatic heterocycles. The summed E-state index contributed by atoms with van der Waals surface area (Å²) in [6, 6.07) is 6.14. The first kappa shape index (κ1) is 14.4. The van der Waals surface area contributed by atoms with Gasteiger partial charge in [0, 0.05) is 32.0 Å². The van der Waals surface area contributed by atoms with Gasteiger partial charge in [-0.2, -0.15) is 5.10 Å². The molecule has 5 nitrogen and oxygen atoms in total. The Morgan fingerprint density at radius 3 is 2.85 bits per heavy atom. The molecule has 0 aliphatic carbocycles. The van der Waals surface area contributed by atoms with E-state index in [1.54, 1.807) is 11.8 Å². The van der Waals surface area contributed by atoms with Crippen LogP contribution in [-0.4, -0.2) is 23.5 Å². The number of methoxy groups -OCH3 is 1. The largest absolute Gasteiger partial charge is 0.496 e. The Morgan fingerprint density at radius 1 is 1.35 bits per heavy atom. The van der Waals surface area contributed by atoms with Gasteiger partial charge in [0.25, 0.3) is 0 Å². The lowest BCUT2D eigenvalue weighted by atomic mass is 10.1. The van der Waals surface area contributed by atoms with E-state index in [1.165, 1.54) is 5.56 Å². The average molecular weight is 275 g/mol. The van der Waals surface area contributed by atoms with Crippen molar-refractivity contribution < 1.29 is 9.47 Å². The number of hydrogen-bond donors (Lipinski definition) is 1. The number of rotatable bonds is 7. The molecule has 108 valence electrons. The fourth-order valence-electron chi connectivity index (χ4n) is 1.98. The molecule has 2 rings (SSSR count). The summed E-state index contributed by atoms with van der Waals surface area (Å²) in [4.78, 5) is 0. The van der Waals surface area contributed by atoms with E-state index in [-0.39, 0.29) is 0 Å². The molecule has 0 amide bonds. The maximum absolute atomic E-state index is 5.47. The van der Waals surface area contributed by atoms with Crippen LogP contribution in [0, 0.1) is 0 Å². The summed E-state index contributed by atoms with van der Waals surface area (Å²) >= 11 is 0. The number of benzene rings is 1. The first-order valence-corrected chi connectivity index (χ1v) is 6.69. The number of hydrogen-bond acceptors (Lipinski definition) is 4. The predicted octanol–water partition coefficient (Wildman–Crippen LogP) is 2.58. The van der Waals surface area contributed by atoms with E-state index >= 15 is 0 Å². The highest BCUT2D eigenvalue weighted by Gasteiger charge is 2.05. The van der Waals surface area contributed by atoms with Gasteiger partial charge in [-0.3, -0.25) is 4.68 Å². The number of ether oxygens (including phenoxy) is 2. The molecule has 0 atom stereocenters. The van der Waals surface area contributed by atoms with E-state index in [0.29, 0.717) is 13.2 Å². The molecule has 2 aromatic rings. The second-order valence-electron chi connectivity index (χ2n) is 4.54. The molecule has 0 bridgehead atoms. The van der Waals surface area contributed by atoms with Crippen molar-refractivity contribution in [2.24, 2.45) is 7.05 Å². The van der Waals surface area contributed by atoms with Crippen LogP contribution in [0.1, 0.15) is 18.1 Å². The summed E-state index contributed by atoms with van der Waals surface area (Å²) in [5.74, 6) is 0.864. The Morgan fingerprint density at radius 2 is 2.20 bits per heavy atom. The molecule has 1 N–H and O–H groups in total. The van der Waals surface area contributed by atoms with Gasteiger partial charge in [-0.15, -0.1) is 0 Å². The first-order chi connectivity index (χ1) is 9.72. The molecule has 20 heavy (non-hydrogen) atoms. The van der Waals surface area contributed by atoms with Crippen molar-refractivity contribution in [1.29, 1.82) is 0 Å². The van der Waals surface area contributed by atoms with Crippen LogP contribution < -0.4 is 10.1 Å². The molecule has 0 aliphatic heterocycles. The molecule has 0 fully saturated rings. The van der Waals surface area contributed by atoms with Crippen molar-refractivity contribution in [1.82, 2.24) is 9.78 Å². The third kappa shape index (κ3) is 3.74. The summed E-state index contributed by atoms with van der Waals surface area (Å²) < 4.78 is 12.6. The van der Waals surface area contributed by atoms with E-state index in [2.05, 4.69) is 22.5 Å². The van der Waals surface area contributed by atoms with Gasteiger partial charge in [0.15, 0.2) is 0 Å². The highest BCUT2D eigenvalue weighted by atomic mass is 16.5. The third-order valence-electron chi connectivity index (χ3n) is 3.01. The summed E-state index contributed by atoms with van der Waals surface area (Å²) in [5, 5.41) is 7.47. The van der Waals surface area contributed by atoms with Gasteiger partial charge in [0.1, 0.15) is 5.75 Å². The van der Waals surface area contributed by atoms with E-state index in [1.807, 2.05) is 32.4 Å². The standard InChI is InChI=1S/C15H21N3O2/c1-4-20-11-13-7-12(5-6-15(13)19-3)8-16-14-9-17-18(2)10-14/h5-7,9-10,16H,4,8,11H2,1-3H3. The smallest absolute Gasteiger partial charge is 0.124 e. The Kier molecular flexibility index (Phi) is 5.01. The van der Waals surface area contributed by atoms with Gasteiger partial charge in [0.05, 0.1) is 25.6 Å². The molecule has 0 spiro atoms. The quantitative estimate of drug-likeness (QED) is 0.843. The lowest BCUT2D eigenvalue weighted by molar-refractivity contribution is 0.132. The highest BCUT2D eigenvalue weighted by molar-refractivity contribution is 5.41.